The van der Waals surface area contributed by atoms with Gasteiger partial charge in [0.2, 0.25) is 5.91 Å². The highest BCUT2D eigenvalue weighted by atomic mass is 19.1. The topological polar surface area (TPSA) is 46.6 Å². The molecular weight excluding hydrogens is 297 g/mol. The average molecular weight is 321 g/mol. The fourth-order valence-electron chi connectivity index (χ4n) is 3.19. The molecule has 1 amide bonds. The summed E-state index contributed by atoms with van der Waals surface area (Å²) in [6.07, 6.45) is 2.64. The second kappa shape index (κ2) is 7.57. The molecule has 1 fully saturated rings. The van der Waals surface area contributed by atoms with Crippen molar-refractivity contribution in [3.8, 4) is 0 Å². The summed E-state index contributed by atoms with van der Waals surface area (Å²) in [5, 5.41) is 0. The van der Waals surface area contributed by atoms with Crippen molar-refractivity contribution in [1.29, 1.82) is 0 Å². The Hall–Kier alpha value is -1.91. The smallest absolute Gasteiger partial charge is 0.328 e. The van der Waals surface area contributed by atoms with Crippen molar-refractivity contribution in [3.63, 3.8) is 0 Å². The van der Waals surface area contributed by atoms with Crippen LogP contribution in [0.25, 0.3) is 0 Å². The number of benzene rings is 1. The Bertz CT molecular complexity index is 577. The number of amides is 1. The van der Waals surface area contributed by atoms with E-state index in [1.807, 2.05) is 0 Å². The highest BCUT2D eigenvalue weighted by molar-refractivity contribution is 5.86. The van der Waals surface area contributed by atoms with Gasteiger partial charge in [-0.2, -0.15) is 0 Å². The number of piperidine rings is 1. The summed E-state index contributed by atoms with van der Waals surface area (Å²) in [7, 11) is 0. The quantitative estimate of drug-likeness (QED) is 0.801. The van der Waals surface area contributed by atoms with Crippen molar-refractivity contribution in [1.82, 2.24) is 4.90 Å². The lowest BCUT2D eigenvalue weighted by atomic mass is 9.97. The molecule has 2 rings (SSSR count). The van der Waals surface area contributed by atoms with E-state index in [2.05, 4.69) is 0 Å². The molecule has 4 nitrogen and oxygen atoms in total. The Labute approximate surface area is 136 Å². The van der Waals surface area contributed by atoms with E-state index in [-0.39, 0.29) is 24.1 Å². The molecule has 1 aliphatic rings. The zero-order chi connectivity index (χ0) is 17.0. The van der Waals surface area contributed by atoms with Crippen LogP contribution < -0.4 is 0 Å². The molecular formula is C18H24FNO3. The number of aryl methyl sites for hydroxylation is 2. The van der Waals surface area contributed by atoms with E-state index in [4.69, 9.17) is 4.74 Å². The lowest BCUT2D eigenvalue weighted by molar-refractivity contribution is -0.156. The highest BCUT2D eigenvalue weighted by Gasteiger charge is 2.33. The number of nitrogens with zero attached hydrogens (tertiary/aromatic N) is 1. The van der Waals surface area contributed by atoms with Gasteiger partial charge in [-0.1, -0.05) is 0 Å². The monoisotopic (exact) mass is 321 g/mol. The van der Waals surface area contributed by atoms with Crippen LogP contribution in [-0.4, -0.2) is 36.0 Å². The predicted molar refractivity (Wildman–Crippen MR) is 85.6 cm³/mol. The van der Waals surface area contributed by atoms with Gasteiger partial charge in [0.1, 0.15) is 11.9 Å². The van der Waals surface area contributed by atoms with Gasteiger partial charge < -0.3 is 9.64 Å². The highest BCUT2D eigenvalue weighted by Crippen LogP contribution is 2.22. The zero-order valence-electron chi connectivity index (χ0n) is 14.0. The second-order valence-electron chi connectivity index (χ2n) is 6.05. The van der Waals surface area contributed by atoms with Gasteiger partial charge >= 0.3 is 5.97 Å². The largest absolute Gasteiger partial charge is 0.464 e. The molecule has 1 aliphatic heterocycles. The van der Waals surface area contributed by atoms with Crippen LogP contribution in [0.2, 0.25) is 0 Å². The molecule has 0 aliphatic carbocycles. The van der Waals surface area contributed by atoms with Crippen LogP contribution >= 0.6 is 0 Å². The number of hydrogen-bond acceptors (Lipinski definition) is 3. The molecule has 0 spiro atoms. The Morgan fingerprint density at radius 1 is 1.26 bits per heavy atom. The van der Waals surface area contributed by atoms with Crippen LogP contribution in [0.4, 0.5) is 4.39 Å². The molecule has 1 aromatic rings. The minimum absolute atomic E-state index is 0.0967. The number of carbonyl (C=O) groups excluding carboxylic acids is 2. The standard InChI is InChI=1S/C18H24FNO3/c1-4-23-18(22)16-7-5-6-8-20(16)17(21)11-15-12(2)9-14(19)10-13(15)3/h9-10,16H,4-8,11H2,1-3H3. The van der Waals surface area contributed by atoms with Gasteiger partial charge in [0.05, 0.1) is 13.0 Å². The Morgan fingerprint density at radius 3 is 2.52 bits per heavy atom. The first-order valence-electron chi connectivity index (χ1n) is 8.15. The maximum absolute atomic E-state index is 13.4. The summed E-state index contributed by atoms with van der Waals surface area (Å²) >= 11 is 0. The van der Waals surface area contributed by atoms with Gasteiger partial charge in [0.15, 0.2) is 0 Å². The summed E-state index contributed by atoms with van der Waals surface area (Å²) in [4.78, 5) is 26.4. The minimum atomic E-state index is -0.489. The average Bonchev–Trinajstić information content (AvgIpc) is 2.51. The predicted octanol–water partition coefficient (Wildman–Crippen LogP) is 2.93. The zero-order valence-corrected chi connectivity index (χ0v) is 14.0. The summed E-state index contributed by atoms with van der Waals surface area (Å²) < 4.78 is 18.5. The van der Waals surface area contributed by atoms with Gasteiger partial charge in [-0.05, 0) is 68.9 Å². The Morgan fingerprint density at radius 2 is 1.91 bits per heavy atom. The second-order valence-corrected chi connectivity index (χ2v) is 6.05. The lowest BCUT2D eigenvalue weighted by Gasteiger charge is -2.34. The molecule has 0 saturated carbocycles. The van der Waals surface area contributed by atoms with Crippen molar-refractivity contribution >= 4 is 11.9 Å². The molecule has 126 valence electrons. The number of esters is 1. The molecule has 1 unspecified atom stereocenters. The molecule has 1 aromatic carbocycles. The Balaban J connectivity index is 2.16. The SMILES string of the molecule is CCOC(=O)C1CCCCN1C(=O)Cc1c(C)cc(F)cc1C. The van der Waals surface area contributed by atoms with E-state index >= 15 is 0 Å². The van der Waals surface area contributed by atoms with Crippen molar-refractivity contribution in [3.05, 3.63) is 34.6 Å². The third kappa shape index (κ3) is 4.09. The van der Waals surface area contributed by atoms with Gasteiger partial charge in [0.25, 0.3) is 0 Å². The number of halogens is 1. The molecule has 5 heteroatoms. The maximum atomic E-state index is 13.4. The van der Waals surface area contributed by atoms with Crippen molar-refractivity contribution in [2.75, 3.05) is 13.2 Å². The minimum Gasteiger partial charge on any atom is -0.464 e. The third-order valence-electron chi connectivity index (χ3n) is 4.37. The molecule has 0 aromatic heterocycles. The van der Waals surface area contributed by atoms with Gasteiger partial charge in [-0.3, -0.25) is 4.79 Å². The molecule has 1 atom stereocenters. The van der Waals surface area contributed by atoms with Crippen LogP contribution in [-0.2, 0) is 20.7 Å². The maximum Gasteiger partial charge on any atom is 0.328 e. The lowest BCUT2D eigenvalue weighted by Crippen LogP contribution is -2.49. The molecule has 0 N–H and O–H groups in total. The van der Waals surface area contributed by atoms with E-state index in [9.17, 15) is 14.0 Å². The number of likely N-dealkylation sites (tertiary alicyclic amines) is 1. The summed E-state index contributed by atoms with van der Waals surface area (Å²) in [6.45, 7) is 6.25. The first-order chi connectivity index (χ1) is 10.9. The first kappa shape index (κ1) is 17.4. The van der Waals surface area contributed by atoms with Crippen LogP contribution in [0, 0.1) is 19.7 Å². The van der Waals surface area contributed by atoms with E-state index in [0.717, 1.165) is 29.5 Å². The molecule has 0 radical (unpaired) electrons. The summed E-state index contributed by atoms with van der Waals surface area (Å²) in [6, 6.07) is 2.39. The number of rotatable bonds is 4. The van der Waals surface area contributed by atoms with E-state index in [0.29, 0.717) is 19.6 Å². The van der Waals surface area contributed by atoms with Crippen molar-refractivity contribution < 1.29 is 18.7 Å². The Kier molecular flexibility index (Phi) is 5.74. The van der Waals surface area contributed by atoms with Gasteiger partial charge in [-0.15, -0.1) is 0 Å². The van der Waals surface area contributed by atoms with Gasteiger partial charge in [-0.25, -0.2) is 9.18 Å². The van der Waals surface area contributed by atoms with E-state index < -0.39 is 6.04 Å². The van der Waals surface area contributed by atoms with Crippen molar-refractivity contribution in [2.24, 2.45) is 0 Å². The third-order valence-corrected chi connectivity index (χ3v) is 4.37. The molecule has 1 saturated heterocycles. The van der Waals surface area contributed by atoms with Crippen LogP contribution in [0.5, 0.6) is 0 Å². The van der Waals surface area contributed by atoms with Crippen LogP contribution in [0.15, 0.2) is 12.1 Å². The van der Waals surface area contributed by atoms with E-state index in [1.165, 1.54) is 12.1 Å². The molecule has 0 bridgehead atoms. The summed E-state index contributed by atoms with van der Waals surface area (Å²) in [5.41, 5.74) is 2.37. The summed E-state index contributed by atoms with van der Waals surface area (Å²) in [5.74, 6) is -0.716. The number of carbonyl (C=O) groups is 2. The normalized spacial score (nSPS) is 17.9. The fourth-order valence-corrected chi connectivity index (χ4v) is 3.19. The van der Waals surface area contributed by atoms with Crippen molar-refractivity contribution in [2.45, 2.75) is 52.5 Å². The van der Waals surface area contributed by atoms with Crippen LogP contribution in [0.3, 0.4) is 0 Å². The number of hydrogen-bond donors (Lipinski definition) is 0. The fraction of sp³-hybridized carbons (Fsp3) is 0.556. The van der Waals surface area contributed by atoms with E-state index in [1.54, 1.807) is 25.7 Å². The molecule has 23 heavy (non-hydrogen) atoms. The number of ether oxygens (including phenoxy) is 1. The van der Waals surface area contributed by atoms with Crippen LogP contribution in [0.1, 0.15) is 42.9 Å². The first-order valence-corrected chi connectivity index (χ1v) is 8.15. The van der Waals surface area contributed by atoms with Gasteiger partial charge in [0, 0.05) is 6.54 Å². The molecule has 1 heterocycles.